The fourth-order valence-corrected chi connectivity index (χ4v) is 1.32. The van der Waals surface area contributed by atoms with Crippen molar-refractivity contribution in [1.29, 1.82) is 0 Å². The van der Waals surface area contributed by atoms with Gasteiger partial charge in [-0.3, -0.25) is 0 Å². The van der Waals surface area contributed by atoms with Crippen molar-refractivity contribution < 1.29 is 29.5 Å². The molecule has 0 bridgehead atoms. The Balaban J connectivity index is -0.000000272. The van der Waals surface area contributed by atoms with Gasteiger partial charge in [0.15, 0.2) is 0 Å². The van der Waals surface area contributed by atoms with E-state index in [4.69, 9.17) is 24.8 Å². The average molecular weight is 341 g/mol. The summed E-state index contributed by atoms with van der Waals surface area (Å²) < 4.78 is 14.5. The Hall–Kier alpha value is -0.240. The van der Waals surface area contributed by atoms with Crippen LogP contribution in [0.3, 0.4) is 0 Å². The maximum absolute atomic E-state index is 8.34. The van der Waals surface area contributed by atoms with Gasteiger partial charge < -0.3 is 29.5 Å². The average Bonchev–Trinajstić information content (AvgIpc) is 2.58. The lowest BCUT2D eigenvalue weighted by atomic mass is 10.2. The highest BCUT2D eigenvalue weighted by molar-refractivity contribution is 4.38. The van der Waals surface area contributed by atoms with E-state index < -0.39 is 0 Å². The van der Waals surface area contributed by atoms with Crippen LogP contribution in [0.15, 0.2) is 0 Å². The van der Waals surface area contributed by atoms with Gasteiger partial charge >= 0.3 is 0 Å². The minimum Gasteiger partial charge on any atom is -0.394 e. The van der Waals surface area contributed by atoms with E-state index in [0.29, 0.717) is 19.8 Å². The number of rotatable bonds is 14. The standard InChI is InChI=1S/C8H18O2.C5H12O.C4H10O3/c1-2-3-4-5-7-10-8-6-9;1-3-4-5-6-2;5-1-3-7-4-2-6/h9H,2-8H2,1H3;3-5H2,1-2H3;5-6H,1-4H2. The van der Waals surface area contributed by atoms with Crippen molar-refractivity contribution in [1.82, 2.24) is 0 Å². The van der Waals surface area contributed by atoms with Crippen LogP contribution >= 0.6 is 0 Å². The molecule has 0 aromatic rings. The summed E-state index contributed by atoms with van der Waals surface area (Å²) >= 11 is 0. The minimum atomic E-state index is 0.0278. The molecular formula is C17H40O6. The fraction of sp³-hybridized carbons (Fsp3) is 1.00. The zero-order chi connectivity index (χ0) is 18.0. The quantitative estimate of drug-likeness (QED) is 0.419. The van der Waals surface area contributed by atoms with Crippen LogP contribution in [0.25, 0.3) is 0 Å². The summed E-state index contributed by atoms with van der Waals surface area (Å²) in [7, 11) is 1.73. The fourth-order valence-electron chi connectivity index (χ4n) is 1.32. The number of methoxy groups -OCH3 is 1. The SMILES string of the molecule is CCCCCCOCCO.CCCCOC.OCCOCCO. The first-order valence-electron chi connectivity index (χ1n) is 8.71. The number of unbranched alkanes of at least 4 members (excludes halogenated alkanes) is 4. The van der Waals surface area contributed by atoms with E-state index in [-0.39, 0.29) is 19.8 Å². The molecule has 0 aromatic heterocycles. The van der Waals surface area contributed by atoms with Gasteiger partial charge in [0.25, 0.3) is 0 Å². The van der Waals surface area contributed by atoms with Crippen molar-refractivity contribution in [3.63, 3.8) is 0 Å². The van der Waals surface area contributed by atoms with E-state index in [0.717, 1.165) is 19.6 Å². The van der Waals surface area contributed by atoms with Crippen LogP contribution in [-0.2, 0) is 14.2 Å². The Morgan fingerprint density at radius 1 is 0.565 bits per heavy atom. The Morgan fingerprint density at radius 2 is 1.04 bits per heavy atom. The summed E-state index contributed by atoms with van der Waals surface area (Å²) in [5.41, 5.74) is 0. The lowest BCUT2D eigenvalue weighted by Crippen LogP contribution is -2.03. The molecule has 0 unspecified atom stereocenters. The molecule has 0 aliphatic rings. The van der Waals surface area contributed by atoms with Crippen LogP contribution in [0.5, 0.6) is 0 Å². The Bertz CT molecular complexity index is 142. The number of hydrogen-bond donors (Lipinski definition) is 3. The van der Waals surface area contributed by atoms with Crippen LogP contribution in [0.4, 0.5) is 0 Å². The first kappa shape index (κ1) is 27.6. The van der Waals surface area contributed by atoms with E-state index in [2.05, 4.69) is 18.6 Å². The predicted molar refractivity (Wildman–Crippen MR) is 93.8 cm³/mol. The van der Waals surface area contributed by atoms with Gasteiger partial charge in [-0.15, -0.1) is 0 Å². The summed E-state index contributed by atoms with van der Waals surface area (Å²) in [5.74, 6) is 0. The highest BCUT2D eigenvalue weighted by Gasteiger charge is 1.87. The van der Waals surface area contributed by atoms with Gasteiger partial charge in [0.1, 0.15) is 0 Å². The highest BCUT2D eigenvalue weighted by Crippen LogP contribution is 1.98. The second kappa shape index (κ2) is 33.4. The van der Waals surface area contributed by atoms with E-state index in [1.807, 2.05) is 0 Å². The summed E-state index contributed by atoms with van der Waals surface area (Å²) in [6.07, 6.45) is 7.36. The molecule has 0 heterocycles. The number of aliphatic hydroxyl groups is 3. The Kier molecular flexibility index (Phi) is 40.1. The topological polar surface area (TPSA) is 88.4 Å². The van der Waals surface area contributed by atoms with E-state index in [1.165, 1.54) is 32.1 Å². The van der Waals surface area contributed by atoms with Gasteiger partial charge in [-0.1, -0.05) is 39.5 Å². The lowest BCUT2D eigenvalue weighted by molar-refractivity contribution is 0.0650. The number of hydrogen-bond acceptors (Lipinski definition) is 6. The highest BCUT2D eigenvalue weighted by atomic mass is 16.5. The third kappa shape index (κ3) is 44.9. The zero-order valence-electron chi connectivity index (χ0n) is 15.5. The van der Waals surface area contributed by atoms with Crippen molar-refractivity contribution in [2.45, 2.75) is 52.4 Å². The van der Waals surface area contributed by atoms with Crippen LogP contribution in [-0.4, -0.2) is 75.3 Å². The first-order valence-corrected chi connectivity index (χ1v) is 8.71. The summed E-state index contributed by atoms with van der Waals surface area (Å²) in [6, 6.07) is 0. The molecule has 6 nitrogen and oxygen atoms in total. The smallest absolute Gasteiger partial charge is 0.0698 e. The summed E-state index contributed by atoms with van der Waals surface area (Å²) in [6.45, 7) is 7.39. The molecular weight excluding hydrogens is 300 g/mol. The van der Waals surface area contributed by atoms with Crippen molar-refractivity contribution in [3.05, 3.63) is 0 Å². The molecule has 0 aromatic carbocycles. The third-order valence-electron chi connectivity index (χ3n) is 2.55. The molecule has 0 aliphatic heterocycles. The molecule has 0 amide bonds. The van der Waals surface area contributed by atoms with Gasteiger partial charge in [-0.25, -0.2) is 0 Å². The van der Waals surface area contributed by atoms with Gasteiger partial charge in [0.05, 0.1) is 39.6 Å². The number of ether oxygens (including phenoxy) is 3. The van der Waals surface area contributed by atoms with Gasteiger partial charge in [0.2, 0.25) is 0 Å². The monoisotopic (exact) mass is 340 g/mol. The predicted octanol–water partition coefficient (Wildman–Crippen LogP) is 2.00. The van der Waals surface area contributed by atoms with Gasteiger partial charge in [-0.2, -0.15) is 0 Å². The third-order valence-corrected chi connectivity index (χ3v) is 2.55. The molecule has 0 saturated carbocycles. The second-order valence-corrected chi connectivity index (χ2v) is 4.80. The van der Waals surface area contributed by atoms with E-state index in [9.17, 15) is 0 Å². The maximum Gasteiger partial charge on any atom is 0.0698 e. The molecule has 23 heavy (non-hydrogen) atoms. The second-order valence-electron chi connectivity index (χ2n) is 4.80. The molecule has 0 rings (SSSR count). The zero-order valence-corrected chi connectivity index (χ0v) is 15.5. The van der Waals surface area contributed by atoms with Crippen LogP contribution in [0, 0.1) is 0 Å². The van der Waals surface area contributed by atoms with Crippen LogP contribution in [0.2, 0.25) is 0 Å². The van der Waals surface area contributed by atoms with Crippen molar-refractivity contribution in [2.75, 3.05) is 60.0 Å². The molecule has 0 spiro atoms. The largest absolute Gasteiger partial charge is 0.394 e. The molecule has 6 heteroatoms. The minimum absolute atomic E-state index is 0.0278. The van der Waals surface area contributed by atoms with Crippen molar-refractivity contribution in [3.8, 4) is 0 Å². The van der Waals surface area contributed by atoms with Crippen molar-refractivity contribution >= 4 is 0 Å². The molecule has 144 valence electrons. The number of aliphatic hydroxyl groups excluding tert-OH is 3. The van der Waals surface area contributed by atoms with Crippen LogP contribution in [0.1, 0.15) is 52.4 Å². The van der Waals surface area contributed by atoms with E-state index in [1.54, 1.807) is 7.11 Å². The lowest BCUT2D eigenvalue weighted by Gasteiger charge is -2.00. The Morgan fingerprint density at radius 3 is 1.39 bits per heavy atom. The molecule has 0 radical (unpaired) electrons. The molecule has 0 fully saturated rings. The normalized spacial score (nSPS) is 9.65. The molecule has 0 atom stereocenters. The van der Waals surface area contributed by atoms with Crippen molar-refractivity contribution in [2.24, 2.45) is 0 Å². The first-order chi connectivity index (χ1) is 11.2. The molecule has 0 saturated heterocycles. The summed E-state index contributed by atoms with van der Waals surface area (Å²) in [4.78, 5) is 0. The van der Waals surface area contributed by atoms with Crippen LogP contribution < -0.4 is 0 Å². The van der Waals surface area contributed by atoms with Gasteiger partial charge in [-0.05, 0) is 12.8 Å². The van der Waals surface area contributed by atoms with E-state index >= 15 is 0 Å². The Labute approximate surface area is 142 Å². The maximum atomic E-state index is 8.34. The molecule has 3 N–H and O–H groups in total. The molecule has 0 aliphatic carbocycles. The van der Waals surface area contributed by atoms with Gasteiger partial charge in [0, 0.05) is 20.3 Å². The summed E-state index contributed by atoms with van der Waals surface area (Å²) in [5, 5.41) is 24.5.